The molecule has 1 N–H and O–H groups in total. The summed E-state index contributed by atoms with van der Waals surface area (Å²) in [6.07, 6.45) is 1.94. The molecule has 1 aromatic heterocycles. The van der Waals surface area contributed by atoms with E-state index in [9.17, 15) is 4.79 Å². The fourth-order valence-electron chi connectivity index (χ4n) is 0.774. The van der Waals surface area contributed by atoms with Crippen molar-refractivity contribution in [1.82, 2.24) is 10.2 Å². The van der Waals surface area contributed by atoms with Crippen LogP contribution in [0.25, 0.3) is 0 Å². The van der Waals surface area contributed by atoms with E-state index in [1.807, 2.05) is 0 Å². The van der Waals surface area contributed by atoms with Gasteiger partial charge in [-0.25, -0.2) is 0 Å². The fourth-order valence-corrected chi connectivity index (χ4v) is 1.88. The van der Waals surface area contributed by atoms with Crippen molar-refractivity contribution in [1.29, 1.82) is 0 Å². The number of rotatable bonds is 4. The molecule has 0 saturated heterocycles. The van der Waals surface area contributed by atoms with Crippen molar-refractivity contribution in [3.05, 3.63) is 5.01 Å². The second kappa shape index (κ2) is 5.29. The summed E-state index contributed by atoms with van der Waals surface area (Å²) in [5.74, 6) is -0.108. The molecule has 0 bridgehead atoms. The SMILES string of the molecule is CC(=O)Nc1nnc(CCCBr)s1. The molecule has 1 rings (SSSR count). The number of carbonyl (C=O) groups excluding carboxylic acids is 1. The highest BCUT2D eigenvalue weighted by atomic mass is 79.9. The van der Waals surface area contributed by atoms with Crippen LogP contribution in [0.3, 0.4) is 0 Å². The average Bonchev–Trinajstić information content (AvgIpc) is 2.48. The van der Waals surface area contributed by atoms with Crippen molar-refractivity contribution in [3.8, 4) is 0 Å². The number of carbonyl (C=O) groups is 1. The molecule has 0 aliphatic carbocycles. The van der Waals surface area contributed by atoms with Crippen LogP contribution in [0.2, 0.25) is 0 Å². The van der Waals surface area contributed by atoms with Gasteiger partial charge in [0.25, 0.3) is 0 Å². The topological polar surface area (TPSA) is 54.9 Å². The van der Waals surface area contributed by atoms with E-state index in [1.165, 1.54) is 18.3 Å². The second-order valence-electron chi connectivity index (χ2n) is 2.47. The van der Waals surface area contributed by atoms with Crippen molar-refractivity contribution in [2.75, 3.05) is 10.6 Å². The Morgan fingerprint density at radius 1 is 1.62 bits per heavy atom. The van der Waals surface area contributed by atoms with Crippen LogP contribution in [0, 0.1) is 0 Å². The average molecular weight is 264 g/mol. The molecular weight excluding hydrogens is 254 g/mol. The first-order valence-electron chi connectivity index (χ1n) is 3.88. The molecule has 0 atom stereocenters. The molecule has 13 heavy (non-hydrogen) atoms. The van der Waals surface area contributed by atoms with E-state index in [0.29, 0.717) is 5.13 Å². The minimum Gasteiger partial charge on any atom is -0.301 e. The molecule has 1 amide bonds. The van der Waals surface area contributed by atoms with Crippen LogP contribution < -0.4 is 5.32 Å². The van der Waals surface area contributed by atoms with Crippen LogP contribution >= 0.6 is 27.3 Å². The zero-order valence-electron chi connectivity index (χ0n) is 7.21. The molecule has 0 radical (unpaired) electrons. The third-order valence-electron chi connectivity index (χ3n) is 1.27. The highest BCUT2D eigenvalue weighted by molar-refractivity contribution is 9.09. The van der Waals surface area contributed by atoms with Gasteiger partial charge in [-0.15, -0.1) is 10.2 Å². The number of aryl methyl sites for hydroxylation is 1. The highest BCUT2D eigenvalue weighted by Crippen LogP contribution is 2.16. The van der Waals surface area contributed by atoms with Crippen LogP contribution in [0.5, 0.6) is 0 Å². The summed E-state index contributed by atoms with van der Waals surface area (Å²) >= 11 is 4.77. The van der Waals surface area contributed by atoms with Crippen LogP contribution in [0.1, 0.15) is 18.4 Å². The Labute approximate surface area is 88.9 Å². The smallest absolute Gasteiger partial charge is 0.223 e. The van der Waals surface area contributed by atoms with Gasteiger partial charge in [0.15, 0.2) is 0 Å². The Balaban J connectivity index is 2.48. The predicted molar refractivity (Wildman–Crippen MR) is 56.3 cm³/mol. The molecule has 6 heteroatoms. The van der Waals surface area contributed by atoms with E-state index in [4.69, 9.17) is 0 Å². The number of aromatic nitrogens is 2. The van der Waals surface area contributed by atoms with Crippen LogP contribution in [0.4, 0.5) is 5.13 Å². The number of hydrogen-bond donors (Lipinski definition) is 1. The van der Waals surface area contributed by atoms with Gasteiger partial charge in [-0.2, -0.15) is 0 Å². The maximum absolute atomic E-state index is 10.7. The van der Waals surface area contributed by atoms with Crippen molar-refractivity contribution >= 4 is 38.3 Å². The van der Waals surface area contributed by atoms with Gasteiger partial charge < -0.3 is 5.32 Å². The number of amides is 1. The van der Waals surface area contributed by atoms with Crippen LogP contribution in [-0.2, 0) is 11.2 Å². The lowest BCUT2D eigenvalue weighted by Crippen LogP contribution is -2.04. The summed E-state index contributed by atoms with van der Waals surface area (Å²) in [7, 11) is 0. The maximum Gasteiger partial charge on any atom is 0.223 e. The lowest BCUT2D eigenvalue weighted by Gasteiger charge is -1.91. The molecule has 1 heterocycles. The Bertz CT molecular complexity index is 289. The standard InChI is InChI=1S/C7H10BrN3OS/c1-5(12)9-7-11-10-6(13-7)3-2-4-8/h2-4H2,1H3,(H,9,11,12). The molecule has 0 spiro atoms. The van der Waals surface area contributed by atoms with Gasteiger partial charge in [0.1, 0.15) is 5.01 Å². The maximum atomic E-state index is 10.7. The van der Waals surface area contributed by atoms with Gasteiger partial charge in [-0.05, 0) is 6.42 Å². The zero-order valence-corrected chi connectivity index (χ0v) is 9.61. The first-order chi connectivity index (χ1) is 6.22. The molecule has 0 aliphatic heterocycles. The van der Waals surface area contributed by atoms with Crippen LogP contribution in [-0.4, -0.2) is 21.4 Å². The molecule has 1 aromatic rings. The Kier molecular flexibility index (Phi) is 4.31. The molecule has 0 fully saturated rings. The number of hydrogen-bond acceptors (Lipinski definition) is 4. The van der Waals surface area contributed by atoms with Gasteiger partial charge in [0, 0.05) is 18.7 Å². The lowest BCUT2D eigenvalue weighted by molar-refractivity contribution is -0.114. The highest BCUT2D eigenvalue weighted by Gasteiger charge is 2.04. The van der Waals surface area contributed by atoms with Gasteiger partial charge >= 0.3 is 0 Å². The normalized spacial score (nSPS) is 10.0. The predicted octanol–water partition coefficient (Wildman–Crippen LogP) is 1.82. The van der Waals surface area contributed by atoms with E-state index in [2.05, 4.69) is 31.4 Å². The van der Waals surface area contributed by atoms with E-state index in [0.717, 1.165) is 23.2 Å². The Morgan fingerprint density at radius 2 is 2.38 bits per heavy atom. The molecule has 4 nitrogen and oxygen atoms in total. The molecular formula is C7H10BrN3OS. The molecule has 0 saturated carbocycles. The summed E-state index contributed by atoms with van der Waals surface area (Å²) in [6.45, 7) is 1.46. The minimum absolute atomic E-state index is 0.108. The first-order valence-corrected chi connectivity index (χ1v) is 5.82. The van der Waals surface area contributed by atoms with Gasteiger partial charge in [0.2, 0.25) is 11.0 Å². The third kappa shape index (κ3) is 3.82. The summed E-state index contributed by atoms with van der Waals surface area (Å²) in [6, 6.07) is 0. The van der Waals surface area contributed by atoms with Gasteiger partial charge in [0.05, 0.1) is 0 Å². The molecule has 72 valence electrons. The Hall–Kier alpha value is -0.490. The Morgan fingerprint density at radius 3 is 3.00 bits per heavy atom. The monoisotopic (exact) mass is 263 g/mol. The number of anilines is 1. The zero-order chi connectivity index (χ0) is 9.68. The second-order valence-corrected chi connectivity index (χ2v) is 4.33. The van der Waals surface area contributed by atoms with E-state index in [1.54, 1.807) is 0 Å². The van der Waals surface area contributed by atoms with Gasteiger partial charge in [-0.3, -0.25) is 4.79 Å². The van der Waals surface area contributed by atoms with E-state index in [-0.39, 0.29) is 5.91 Å². The number of nitrogens with one attached hydrogen (secondary N) is 1. The summed E-state index contributed by atoms with van der Waals surface area (Å²) < 4.78 is 0. The summed E-state index contributed by atoms with van der Waals surface area (Å²) in [5.41, 5.74) is 0. The first kappa shape index (κ1) is 10.6. The van der Waals surface area contributed by atoms with Crippen molar-refractivity contribution in [2.24, 2.45) is 0 Å². The fraction of sp³-hybridized carbons (Fsp3) is 0.571. The third-order valence-corrected chi connectivity index (χ3v) is 2.73. The summed E-state index contributed by atoms with van der Waals surface area (Å²) in [4.78, 5) is 10.7. The van der Waals surface area contributed by atoms with Crippen LogP contribution in [0.15, 0.2) is 0 Å². The number of alkyl halides is 1. The number of halogens is 1. The van der Waals surface area contributed by atoms with E-state index >= 15 is 0 Å². The molecule has 0 unspecified atom stereocenters. The van der Waals surface area contributed by atoms with Crippen molar-refractivity contribution in [2.45, 2.75) is 19.8 Å². The van der Waals surface area contributed by atoms with E-state index < -0.39 is 0 Å². The summed E-state index contributed by atoms with van der Waals surface area (Å²) in [5, 5.41) is 12.9. The minimum atomic E-state index is -0.108. The molecule has 0 aromatic carbocycles. The van der Waals surface area contributed by atoms with Crippen molar-refractivity contribution in [3.63, 3.8) is 0 Å². The molecule has 0 aliphatic rings. The van der Waals surface area contributed by atoms with Gasteiger partial charge in [-0.1, -0.05) is 27.3 Å². The van der Waals surface area contributed by atoms with Crippen molar-refractivity contribution < 1.29 is 4.79 Å². The lowest BCUT2D eigenvalue weighted by atomic mass is 10.4. The largest absolute Gasteiger partial charge is 0.301 e. The number of nitrogens with zero attached hydrogens (tertiary/aromatic N) is 2. The quantitative estimate of drug-likeness (QED) is 0.844.